The highest BCUT2D eigenvalue weighted by Gasteiger charge is 2.09. The summed E-state index contributed by atoms with van der Waals surface area (Å²) in [5, 5.41) is 13.1. The molecule has 5 heteroatoms. The minimum absolute atomic E-state index is 0.128. The van der Waals surface area contributed by atoms with E-state index in [0.717, 1.165) is 12.2 Å². The number of hydrogen-bond donors (Lipinski definition) is 2. The van der Waals surface area contributed by atoms with Gasteiger partial charge in [-0.3, -0.25) is 0 Å². The highest BCUT2D eigenvalue weighted by molar-refractivity contribution is 9.10. The Bertz CT molecular complexity index is 385. The number of methoxy groups -OCH3 is 1. The summed E-state index contributed by atoms with van der Waals surface area (Å²) in [6.45, 7) is 6.16. The van der Waals surface area contributed by atoms with Gasteiger partial charge < -0.3 is 19.9 Å². The van der Waals surface area contributed by atoms with Crippen LogP contribution in [-0.2, 0) is 11.3 Å². The Hall–Kier alpha value is -0.780. The van der Waals surface area contributed by atoms with Gasteiger partial charge in [0.2, 0.25) is 0 Å². The molecule has 0 aliphatic carbocycles. The van der Waals surface area contributed by atoms with Crippen LogP contribution in [-0.4, -0.2) is 31.5 Å². The molecule has 0 aliphatic rings. The molecular weight excluding hydrogens is 298 g/mol. The van der Waals surface area contributed by atoms with E-state index in [2.05, 4.69) is 28.2 Å². The van der Waals surface area contributed by atoms with E-state index in [1.54, 1.807) is 0 Å². The Kier molecular flexibility index (Phi) is 6.46. The van der Waals surface area contributed by atoms with Crippen molar-refractivity contribution in [2.24, 2.45) is 0 Å². The third-order valence-corrected chi connectivity index (χ3v) is 3.14. The lowest BCUT2D eigenvalue weighted by atomic mass is 10.2. The Morgan fingerprint density at radius 2 is 2.17 bits per heavy atom. The van der Waals surface area contributed by atoms with E-state index in [9.17, 15) is 5.11 Å². The molecule has 0 fully saturated rings. The molecular formula is C13H20BrNO3. The maximum Gasteiger partial charge on any atom is 0.172 e. The van der Waals surface area contributed by atoms with E-state index < -0.39 is 0 Å². The van der Waals surface area contributed by atoms with Crippen LogP contribution in [0.4, 0.5) is 0 Å². The van der Waals surface area contributed by atoms with Gasteiger partial charge >= 0.3 is 0 Å². The van der Waals surface area contributed by atoms with Crippen LogP contribution >= 0.6 is 15.9 Å². The molecule has 0 radical (unpaired) electrons. The molecule has 18 heavy (non-hydrogen) atoms. The summed E-state index contributed by atoms with van der Waals surface area (Å²) in [7, 11) is 1.54. The Balaban J connectivity index is 2.59. The molecule has 1 unspecified atom stereocenters. The molecule has 1 rings (SSSR count). The molecule has 0 aliphatic heterocycles. The lowest BCUT2D eigenvalue weighted by molar-refractivity contribution is 0.127. The van der Waals surface area contributed by atoms with Gasteiger partial charge in [-0.2, -0.15) is 0 Å². The second-order valence-electron chi connectivity index (χ2n) is 4.07. The first-order valence-corrected chi connectivity index (χ1v) is 6.74. The maximum absolute atomic E-state index is 9.70. The van der Waals surface area contributed by atoms with E-state index in [0.29, 0.717) is 23.4 Å². The largest absolute Gasteiger partial charge is 0.503 e. The average Bonchev–Trinajstić information content (AvgIpc) is 2.37. The maximum atomic E-state index is 9.70. The number of rotatable bonds is 7. The van der Waals surface area contributed by atoms with Gasteiger partial charge in [0.1, 0.15) is 0 Å². The van der Waals surface area contributed by atoms with Crippen molar-refractivity contribution >= 4 is 15.9 Å². The van der Waals surface area contributed by atoms with Crippen LogP contribution in [0.15, 0.2) is 16.6 Å². The summed E-state index contributed by atoms with van der Waals surface area (Å²) in [6.07, 6.45) is 0. The summed E-state index contributed by atoms with van der Waals surface area (Å²) in [5.74, 6) is 0.599. The number of aromatic hydroxyl groups is 1. The van der Waals surface area contributed by atoms with E-state index in [1.165, 1.54) is 7.11 Å². The van der Waals surface area contributed by atoms with Gasteiger partial charge in [-0.1, -0.05) is 0 Å². The quantitative estimate of drug-likeness (QED) is 0.811. The number of hydrogen-bond acceptors (Lipinski definition) is 4. The van der Waals surface area contributed by atoms with Crippen molar-refractivity contribution in [3.05, 3.63) is 22.2 Å². The Labute approximate surface area is 116 Å². The molecule has 0 amide bonds. The molecule has 0 saturated carbocycles. The topological polar surface area (TPSA) is 50.7 Å². The van der Waals surface area contributed by atoms with Gasteiger partial charge in [0.25, 0.3) is 0 Å². The van der Waals surface area contributed by atoms with E-state index in [-0.39, 0.29) is 11.8 Å². The molecule has 1 aromatic carbocycles. The van der Waals surface area contributed by atoms with E-state index >= 15 is 0 Å². The first kappa shape index (κ1) is 15.3. The van der Waals surface area contributed by atoms with Gasteiger partial charge in [0, 0.05) is 19.2 Å². The lowest BCUT2D eigenvalue weighted by Gasteiger charge is -2.14. The molecule has 0 saturated heterocycles. The molecule has 1 aromatic rings. The molecule has 0 bridgehead atoms. The fraction of sp³-hybridized carbons (Fsp3) is 0.538. The predicted octanol–water partition coefficient (Wildman–Crippen LogP) is 2.68. The smallest absolute Gasteiger partial charge is 0.172 e. The van der Waals surface area contributed by atoms with Crippen molar-refractivity contribution in [2.45, 2.75) is 26.4 Å². The minimum Gasteiger partial charge on any atom is -0.503 e. The fourth-order valence-corrected chi connectivity index (χ4v) is 2.02. The highest BCUT2D eigenvalue weighted by Crippen LogP contribution is 2.35. The number of benzene rings is 1. The second kappa shape index (κ2) is 7.61. The zero-order valence-electron chi connectivity index (χ0n) is 11.0. The fourth-order valence-electron chi connectivity index (χ4n) is 1.53. The normalized spacial score (nSPS) is 12.4. The zero-order chi connectivity index (χ0) is 13.5. The van der Waals surface area contributed by atoms with Crippen LogP contribution in [0.3, 0.4) is 0 Å². The molecule has 0 spiro atoms. The molecule has 2 N–H and O–H groups in total. The summed E-state index contributed by atoms with van der Waals surface area (Å²) < 4.78 is 11.1. The van der Waals surface area contributed by atoms with Crippen molar-refractivity contribution < 1.29 is 14.6 Å². The number of ether oxygens (including phenoxy) is 2. The standard InChI is InChI=1S/C13H20BrNO3/c1-4-18-8-9(2)15-7-10-5-11(14)13(16)12(6-10)17-3/h5-6,9,15-16H,4,7-8H2,1-3H3. The molecule has 102 valence electrons. The third kappa shape index (κ3) is 4.48. The van der Waals surface area contributed by atoms with Crippen LogP contribution in [0, 0.1) is 0 Å². The third-order valence-electron chi connectivity index (χ3n) is 2.53. The van der Waals surface area contributed by atoms with Crippen LogP contribution < -0.4 is 10.1 Å². The van der Waals surface area contributed by atoms with Gasteiger partial charge in [-0.05, 0) is 47.5 Å². The number of nitrogens with one attached hydrogen (secondary N) is 1. The summed E-state index contributed by atoms with van der Waals surface area (Å²) in [6, 6.07) is 3.97. The summed E-state index contributed by atoms with van der Waals surface area (Å²) in [4.78, 5) is 0. The zero-order valence-corrected chi connectivity index (χ0v) is 12.6. The predicted molar refractivity (Wildman–Crippen MR) is 75.2 cm³/mol. The van der Waals surface area contributed by atoms with Crippen LogP contribution in [0.1, 0.15) is 19.4 Å². The van der Waals surface area contributed by atoms with Crippen molar-refractivity contribution in [1.29, 1.82) is 0 Å². The van der Waals surface area contributed by atoms with Crippen molar-refractivity contribution in [1.82, 2.24) is 5.32 Å². The van der Waals surface area contributed by atoms with E-state index in [4.69, 9.17) is 9.47 Å². The van der Waals surface area contributed by atoms with Crippen molar-refractivity contribution in [3.8, 4) is 11.5 Å². The Morgan fingerprint density at radius 1 is 1.44 bits per heavy atom. The number of halogens is 1. The summed E-state index contributed by atoms with van der Waals surface area (Å²) >= 11 is 3.30. The molecule has 0 heterocycles. The number of phenolic OH excluding ortho intramolecular Hbond substituents is 1. The van der Waals surface area contributed by atoms with Crippen molar-refractivity contribution in [2.75, 3.05) is 20.3 Å². The minimum atomic E-state index is 0.128. The number of phenols is 1. The van der Waals surface area contributed by atoms with Gasteiger partial charge in [0.15, 0.2) is 11.5 Å². The van der Waals surface area contributed by atoms with Crippen LogP contribution in [0.5, 0.6) is 11.5 Å². The van der Waals surface area contributed by atoms with Gasteiger partial charge in [-0.25, -0.2) is 0 Å². The van der Waals surface area contributed by atoms with Gasteiger partial charge in [0.05, 0.1) is 18.2 Å². The first-order chi connectivity index (χ1) is 8.58. The SMILES string of the molecule is CCOCC(C)NCc1cc(Br)c(O)c(OC)c1. The van der Waals surface area contributed by atoms with E-state index in [1.807, 2.05) is 19.1 Å². The van der Waals surface area contributed by atoms with Crippen LogP contribution in [0.2, 0.25) is 0 Å². The summed E-state index contributed by atoms with van der Waals surface area (Å²) in [5.41, 5.74) is 1.04. The lowest BCUT2D eigenvalue weighted by Crippen LogP contribution is -2.30. The monoisotopic (exact) mass is 317 g/mol. The Morgan fingerprint density at radius 3 is 2.78 bits per heavy atom. The van der Waals surface area contributed by atoms with Crippen LogP contribution in [0.25, 0.3) is 0 Å². The highest BCUT2D eigenvalue weighted by atomic mass is 79.9. The first-order valence-electron chi connectivity index (χ1n) is 5.95. The molecule has 4 nitrogen and oxygen atoms in total. The van der Waals surface area contributed by atoms with Crippen molar-refractivity contribution in [3.63, 3.8) is 0 Å². The molecule has 1 atom stereocenters. The average molecular weight is 318 g/mol. The second-order valence-corrected chi connectivity index (χ2v) is 4.92. The molecule has 0 aromatic heterocycles. The van der Waals surface area contributed by atoms with Gasteiger partial charge in [-0.15, -0.1) is 0 Å².